The molecule has 0 aromatic rings. The Morgan fingerprint density at radius 3 is 2.33 bits per heavy atom. The zero-order valence-corrected chi connectivity index (χ0v) is 13.2. The molecule has 4 aliphatic carbocycles. The molecule has 5 aliphatic rings. The Kier molecular flexibility index (Phi) is 3.72. The van der Waals surface area contributed by atoms with Crippen molar-refractivity contribution in [3.63, 3.8) is 0 Å². The van der Waals surface area contributed by atoms with Crippen LogP contribution in [0.1, 0.15) is 64.2 Å². The Hall–Kier alpha value is -0.570. The van der Waals surface area contributed by atoms with Crippen LogP contribution in [0.3, 0.4) is 0 Å². The smallest absolute Gasteiger partial charge is 0.220 e. The number of hydrogen-bond donors (Lipinski definition) is 2. The lowest BCUT2D eigenvalue weighted by Gasteiger charge is -2.57. The van der Waals surface area contributed by atoms with Gasteiger partial charge in [0.1, 0.15) is 0 Å². The van der Waals surface area contributed by atoms with E-state index in [4.69, 9.17) is 0 Å². The SMILES string of the molecule is O=C(CCC1CCCNC1)NC12CC3CC(CC(C3)C1)C2. The second kappa shape index (κ2) is 5.57. The van der Waals surface area contributed by atoms with Gasteiger partial charge in [0.2, 0.25) is 5.91 Å². The lowest BCUT2D eigenvalue weighted by Crippen LogP contribution is -2.59. The molecule has 4 saturated carbocycles. The first kappa shape index (κ1) is 14.0. The van der Waals surface area contributed by atoms with Crippen LogP contribution in [0.25, 0.3) is 0 Å². The predicted molar refractivity (Wildman–Crippen MR) is 83.9 cm³/mol. The zero-order chi connectivity index (χ0) is 14.3. The fraction of sp³-hybridized carbons (Fsp3) is 0.944. The molecule has 3 heteroatoms. The molecule has 5 rings (SSSR count). The minimum absolute atomic E-state index is 0.205. The predicted octanol–water partition coefficient (Wildman–Crippen LogP) is 2.85. The molecule has 1 amide bonds. The Balaban J connectivity index is 1.30. The number of carbonyl (C=O) groups excluding carboxylic acids is 1. The van der Waals surface area contributed by atoms with Crippen LogP contribution < -0.4 is 10.6 Å². The average Bonchev–Trinajstić information content (AvgIpc) is 2.44. The first-order chi connectivity index (χ1) is 10.2. The summed E-state index contributed by atoms with van der Waals surface area (Å²) in [6, 6.07) is 0. The summed E-state index contributed by atoms with van der Waals surface area (Å²) in [6.07, 6.45) is 12.6. The molecule has 1 aliphatic heterocycles. The Morgan fingerprint density at radius 1 is 1.10 bits per heavy atom. The van der Waals surface area contributed by atoms with Crippen molar-refractivity contribution in [2.45, 2.75) is 69.7 Å². The van der Waals surface area contributed by atoms with Crippen molar-refractivity contribution in [2.75, 3.05) is 13.1 Å². The second-order valence-corrected chi connectivity index (χ2v) is 8.50. The van der Waals surface area contributed by atoms with Crippen molar-refractivity contribution in [1.82, 2.24) is 10.6 Å². The van der Waals surface area contributed by atoms with E-state index in [1.807, 2.05) is 0 Å². The molecule has 0 radical (unpaired) electrons. The molecule has 5 fully saturated rings. The van der Waals surface area contributed by atoms with Gasteiger partial charge >= 0.3 is 0 Å². The number of hydrogen-bond acceptors (Lipinski definition) is 2. The van der Waals surface area contributed by atoms with E-state index in [2.05, 4.69) is 10.6 Å². The fourth-order valence-electron chi connectivity index (χ4n) is 6.13. The van der Waals surface area contributed by atoms with Gasteiger partial charge in [-0.3, -0.25) is 4.79 Å². The molecule has 0 aromatic heterocycles. The van der Waals surface area contributed by atoms with E-state index in [0.29, 0.717) is 5.91 Å². The molecular weight excluding hydrogens is 260 g/mol. The number of piperidine rings is 1. The third kappa shape index (κ3) is 2.99. The van der Waals surface area contributed by atoms with Crippen LogP contribution in [-0.2, 0) is 4.79 Å². The van der Waals surface area contributed by atoms with Gasteiger partial charge in [-0.15, -0.1) is 0 Å². The van der Waals surface area contributed by atoms with Gasteiger partial charge in [-0.2, -0.15) is 0 Å². The Morgan fingerprint density at radius 2 is 1.76 bits per heavy atom. The largest absolute Gasteiger partial charge is 0.351 e. The molecule has 2 N–H and O–H groups in total. The van der Waals surface area contributed by atoms with Gasteiger partial charge in [-0.25, -0.2) is 0 Å². The third-order valence-corrected chi connectivity index (χ3v) is 6.62. The summed E-state index contributed by atoms with van der Waals surface area (Å²) in [5.74, 6) is 3.81. The molecule has 0 aromatic carbocycles. The maximum Gasteiger partial charge on any atom is 0.220 e. The van der Waals surface area contributed by atoms with Crippen molar-refractivity contribution >= 4 is 5.91 Å². The van der Waals surface area contributed by atoms with Crippen molar-refractivity contribution < 1.29 is 4.79 Å². The lowest BCUT2D eigenvalue weighted by atomic mass is 9.53. The van der Waals surface area contributed by atoms with E-state index in [1.165, 1.54) is 51.4 Å². The summed E-state index contributed by atoms with van der Waals surface area (Å²) in [4.78, 5) is 12.4. The van der Waals surface area contributed by atoms with E-state index in [1.54, 1.807) is 0 Å². The average molecular weight is 290 g/mol. The summed E-state index contributed by atoms with van der Waals surface area (Å²) in [5.41, 5.74) is 0.205. The molecule has 1 unspecified atom stereocenters. The van der Waals surface area contributed by atoms with Crippen LogP contribution in [0.2, 0.25) is 0 Å². The van der Waals surface area contributed by atoms with Crippen LogP contribution in [0.4, 0.5) is 0 Å². The Bertz CT molecular complexity index is 365. The first-order valence-electron chi connectivity index (χ1n) is 9.22. The minimum atomic E-state index is 0.205. The summed E-state index contributed by atoms with van der Waals surface area (Å²) in [7, 11) is 0. The van der Waals surface area contributed by atoms with Gasteiger partial charge in [0, 0.05) is 12.0 Å². The molecule has 1 heterocycles. The summed E-state index contributed by atoms with van der Waals surface area (Å²) in [6.45, 7) is 2.28. The van der Waals surface area contributed by atoms with Crippen LogP contribution in [0, 0.1) is 23.7 Å². The Labute approximate surface area is 128 Å². The van der Waals surface area contributed by atoms with Gasteiger partial charge in [-0.1, -0.05) is 0 Å². The first-order valence-corrected chi connectivity index (χ1v) is 9.22. The maximum absolute atomic E-state index is 12.4. The molecule has 0 spiro atoms. The normalized spacial score (nSPS) is 44.8. The van der Waals surface area contributed by atoms with E-state index in [9.17, 15) is 4.79 Å². The summed E-state index contributed by atoms with van der Waals surface area (Å²) < 4.78 is 0. The molecule has 118 valence electrons. The van der Waals surface area contributed by atoms with Crippen LogP contribution in [0.15, 0.2) is 0 Å². The monoisotopic (exact) mass is 290 g/mol. The molecule has 1 saturated heterocycles. The number of amides is 1. The van der Waals surface area contributed by atoms with E-state index in [0.717, 1.165) is 49.6 Å². The van der Waals surface area contributed by atoms with Crippen LogP contribution in [-0.4, -0.2) is 24.5 Å². The highest BCUT2D eigenvalue weighted by Gasteiger charge is 2.51. The maximum atomic E-state index is 12.4. The number of rotatable bonds is 4. The van der Waals surface area contributed by atoms with Crippen molar-refractivity contribution in [1.29, 1.82) is 0 Å². The van der Waals surface area contributed by atoms with E-state index < -0.39 is 0 Å². The highest BCUT2D eigenvalue weighted by molar-refractivity contribution is 5.76. The van der Waals surface area contributed by atoms with Crippen molar-refractivity contribution in [3.8, 4) is 0 Å². The van der Waals surface area contributed by atoms with Crippen molar-refractivity contribution in [3.05, 3.63) is 0 Å². The second-order valence-electron chi connectivity index (χ2n) is 8.50. The highest BCUT2D eigenvalue weighted by Crippen LogP contribution is 2.55. The van der Waals surface area contributed by atoms with Gasteiger partial charge in [-0.05, 0) is 94.5 Å². The molecule has 4 bridgehead atoms. The fourth-order valence-corrected chi connectivity index (χ4v) is 6.13. The topological polar surface area (TPSA) is 41.1 Å². The molecule has 3 nitrogen and oxygen atoms in total. The van der Waals surface area contributed by atoms with E-state index >= 15 is 0 Å². The van der Waals surface area contributed by atoms with Crippen molar-refractivity contribution in [2.24, 2.45) is 23.7 Å². The summed E-state index contributed by atoms with van der Waals surface area (Å²) in [5, 5.41) is 6.96. The lowest BCUT2D eigenvalue weighted by molar-refractivity contribution is -0.127. The number of nitrogens with one attached hydrogen (secondary N) is 2. The molecule has 1 atom stereocenters. The zero-order valence-electron chi connectivity index (χ0n) is 13.2. The van der Waals surface area contributed by atoms with Gasteiger partial charge in [0.15, 0.2) is 0 Å². The van der Waals surface area contributed by atoms with Gasteiger partial charge < -0.3 is 10.6 Å². The summed E-state index contributed by atoms with van der Waals surface area (Å²) >= 11 is 0. The van der Waals surface area contributed by atoms with Crippen LogP contribution in [0.5, 0.6) is 0 Å². The molecular formula is C18H30N2O. The quantitative estimate of drug-likeness (QED) is 0.836. The van der Waals surface area contributed by atoms with Gasteiger partial charge in [0.25, 0.3) is 0 Å². The highest BCUT2D eigenvalue weighted by atomic mass is 16.1. The molecule has 21 heavy (non-hydrogen) atoms. The van der Waals surface area contributed by atoms with E-state index in [-0.39, 0.29) is 5.54 Å². The minimum Gasteiger partial charge on any atom is -0.351 e. The van der Waals surface area contributed by atoms with Crippen LogP contribution >= 0.6 is 0 Å². The van der Waals surface area contributed by atoms with Gasteiger partial charge in [0.05, 0.1) is 0 Å². The number of carbonyl (C=O) groups is 1. The standard InChI is InChI=1S/C18H30N2O/c21-17(4-3-13-2-1-5-19-12-13)20-18-9-14-6-15(10-18)8-16(7-14)11-18/h13-16,19H,1-12H2,(H,20,21). The third-order valence-electron chi connectivity index (χ3n) is 6.62.